The number of hydrogen-bond acceptors (Lipinski definition) is 3. The number of nitrogens with one attached hydrogen (secondary N) is 1. The minimum atomic E-state index is -4.43. The lowest BCUT2D eigenvalue weighted by molar-refractivity contribution is -0.137. The van der Waals surface area contributed by atoms with Crippen molar-refractivity contribution in [3.63, 3.8) is 0 Å². The van der Waals surface area contributed by atoms with Crippen molar-refractivity contribution >= 4 is 5.91 Å². The van der Waals surface area contributed by atoms with Gasteiger partial charge in [-0.05, 0) is 48.4 Å². The number of carbonyl (C=O) groups excluding carboxylic acids is 1. The maximum atomic E-state index is 13.1. The van der Waals surface area contributed by atoms with E-state index < -0.39 is 17.8 Å². The lowest BCUT2D eigenvalue weighted by Crippen LogP contribution is -2.28. The van der Waals surface area contributed by atoms with E-state index in [0.717, 1.165) is 18.0 Å². The highest BCUT2D eigenvalue weighted by Gasteiger charge is 2.31. The molecule has 3 aromatic rings. The third-order valence-corrected chi connectivity index (χ3v) is 4.90. The number of aryl methyl sites for hydroxylation is 1. The van der Waals surface area contributed by atoms with Crippen molar-refractivity contribution in [3.05, 3.63) is 83.4 Å². The quantitative estimate of drug-likeness (QED) is 0.527. The molecule has 1 heterocycles. The zero-order valence-corrected chi connectivity index (χ0v) is 17.3. The first-order chi connectivity index (χ1) is 14.8. The molecule has 164 valence electrons. The fourth-order valence-electron chi connectivity index (χ4n) is 3.17. The Morgan fingerprint density at radius 3 is 2.55 bits per heavy atom. The summed E-state index contributed by atoms with van der Waals surface area (Å²) in [6.45, 7) is 2.21. The largest absolute Gasteiger partial charge is 0.486 e. The molecule has 1 amide bonds. The SMILES string of the molecule is CCCC(NC(=O)c1ccc(OCc2nccn2C)cc1)c1cccc(C(F)(F)F)c1. The second-order valence-electron chi connectivity index (χ2n) is 7.21. The summed E-state index contributed by atoms with van der Waals surface area (Å²) in [6, 6.07) is 11.2. The molecule has 0 saturated heterocycles. The fraction of sp³-hybridized carbons (Fsp3) is 0.304. The number of aromatic nitrogens is 2. The van der Waals surface area contributed by atoms with E-state index in [1.807, 2.05) is 24.7 Å². The van der Waals surface area contributed by atoms with Crippen LogP contribution in [0.1, 0.15) is 53.1 Å². The van der Waals surface area contributed by atoms with Crippen LogP contribution >= 0.6 is 0 Å². The first kappa shape index (κ1) is 22.4. The van der Waals surface area contributed by atoms with Crippen molar-refractivity contribution < 1.29 is 22.7 Å². The Kier molecular flexibility index (Phi) is 6.99. The number of amides is 1. The van der Waals surface area contributed by atoms with Gasteiger partial charge in [0.2, 0.25) is 0 Å². The summed E-state index contributed by atoms with van der Waals surface area (Å²) in [5, 5.41) is 2.85. The van der Waals surface area contributed by atoms with E-state index in [2.05, 4.69) is 10.3 Å². The Hall–Kier alpha value is -3.29. The van der Waals surface area contributed by atoms with Gasteiger partial charge in [-0.3, -0.25) is 4.79 Å². The summed E-state index contributed by atoms with van der Waals surface area (Å²) in [6.07, 6.45) is 0.313. The lowest BCUT2D eigenvalue weighted by atomic mass is 9.99. The number of imidazole rings is 1. The number of hydrogen-bond donors (Lipinski definition) is 1. The molecule has 0 saturated carbocycles. The average Bonchev–Trinajstić information content (AvgIpc) is 3.16. The Balaban J connectivity index is 1.67. The van der Waals surface area contributed by atoms with E-state index in [1.54, 1.807) is 36.5 Å². The van der Waals surface area contributed by atoms with Crippen molar-refractivity contribution in [3.8, 4) is 5.75 Å². The van der Waals surface area contributed by atoms with E-state index in [-0.39, 0.29) is 5.91 Å². The van der Waals surface area contributed by atoms with Gasteiger partial charge in [-0.15, -0.1) is 0 Å². The molecule has 0 aliphatic heterocycles. The summed E-state index contributed by atoms with van der Waals surface area (Å²) >= 11 is 0. The van der Waals surface area contributed by atoms with Crippen LogP contribution in [-0.4, -0.2) is 15.5 Å². The lowest BCUT2D eigenvalue weighted by Gasteiger charge is -2.20. The van der Waals surface area contributed by atoms with Crippen LogP contribution in [0.5, 0.6) is 5.75 Å². The predicted molar refractivity (Wildman–Crippen MR) is 111 cm³/mol. The molecule has 1 aromatic heterocycles. The first-order valence-electron chi connectivity index (χ1n) is 9.95. The fourth-order valence-corrected chi connectivity index (χ4v) is 3.17. The second kappa shape index (κ2) is 9.68. The van der Waals surface area contributed by atoms with Crippen LogP contribution in [0.15, 0.2) is 60.9 Å². The average molecular weight is 431 g/mol. The highest BCUT2D eigenvalue weighted by molar-refractivity contribution is 5.94. The van der Waals surface area contributed by atoms with E-state index in [9.17, 15) is 18.0 Å². The van der Waals surface area contributed by atoms with Crippen LogP contribution in [0, 0.1) is 0 Å². The summed E-state index contributed by atoms with van der Waals surface area (Å²) in [5.74, 6) is 0.999. The molecule has 3 rings (SSSR count). The van der Waals surface area contributed by atoms with Crippen LogP contribution < -0.4 is 10.1 Å². The summed E-state index contributed by atoms with van der Waals surface area (Å²) in [7, 11) is 1.87. The molecule has 0 aliphatic rings. The van der Waals surface area contributed by atoms with E-state index >= 15 is 0 Å². The molecule has 0 fully saturated rings. The summed E-state index contributed by atoms with van der Waals surface area (Å²) in [4.78, 5) is 16.9. The van der Waals surface area contributed by atoms with Gasteiger partial charge in [-0.2, -0.15) is 13.2 Å². The maximum Gasteiger partial charge on any atom is 0.416 e. The van der Waals surface area contributed by atoms with Gasteiger partial charge in [0.05, 0.1) is 11.6 Å². The number of rotatable bonds is 8. The monoisotopic (exact) mass is 431 g/mol. The zero-order chi connectivity index (χ0) is 22.4. The van der Waals surface area contributed by atoms with Gasteiger partial charge >= 0.3 is 6.18 Å². The minimum absolute atomic E-state index is 0.295. The Morgan fingerprint density at radius 2 is 1.94 bits per heavy atom. The Labute approximate surface area is 178 Å². The molecular formula is C23H24F3N3O2. The van der Waals surface area contributed by atoms with Crippen molar-refractivity contribution in [2.45, 2.75) is 38.6 Å². The number of ether oxygens (including phenoxy) is 1. The molecule has 5 nitrogen and oxygen atoms in total. The van der Waals surface area contributed by atoms with Gasteiger partial charge in [0, 0.05) is 25.0 Å². The zero-order valence-electron chi connectivity index (χ0n) is 17.3. The molecule has 0 radical (unpaired) electrons. The van der Waals surface area contributed by atoms with Gasteiger partial charge < -0.3 is 14.6 Å². The Morgan fingerprint density at radius 1 is 1.19 bits per heavy atom. The molecule has 31 heavy (non-hydrogen) atoms. The molecule has 1 atom stereocenters. The van der Waals surface area contributed by atoms with Gasteiger partial charge in [-0.25, -0.2) is 4.98 Å². The van der Waals surface area contributed by atoms with E-state index in [4.69, 9.17) is 4.74 Å². The van der Waals surface area contributed by atoms with Crippen LogP contribution in [0.2, 0.25) is 0 Å². The molecule has 0 spiro atoms. The highest BCUT2D eigenvalue weighted by atomic mass is 19.4. The Bertz CT molecular complexity index is 1010. The van der Waals surface area contributed by atoms with Crippen LogP contribution in [0.3, 0.4) is 0 Å². The van der Waals surface area contributed by atoms with Crippen LogP contribution in [0.4, 0.5) is 13.2 Å². The van der Waals surface area contributed by atoms with E-state index in [1.165, 1.54) is 6.07 Å². The topological polar surface area (TPSA) is 56.1 Å². The molecule has 8 heteroatoms. The van der Waals surface area contributed by atoms with Gasteiger partial charge in [0.15, 0.2) is 0 Å². The normalized spacial score (nSPS) is 12.4. The number of halogens is 3. The number of alkyl halides is 3. The molecule has 1 unspecified atom stereocenters. The minimum Gasteiger partial charge on any atom is -0.486 e. The van der Waals surface area contributed by atoms with Gasteiger partial charge in [0.25, 0.3) is 5.91 Å². The predicted octanol–water partition coefficient (Wildman–Crippen LogP) is 5.29. The van der Waals surface area contributed by atoms with Crippen molar-refractivity contribution in [2.24, 2.45) is 7.05 Å². The van der Waals surface area contributed by atoms with Crippen LogP contribution in [-0.2, 0) is 19.8 Å². The molecular weight excluding hydrogens is 407 g/mol. The van der Waals surface area contributed by atoms with Crippen molar-refractivity contribution in [2.75, 3.05) is 0 Å². The third-order valence-electron chi connectivity index (χ3n) is 4.90. The second-order valence-corrected chi connectivity index (χ2v) is 7.21. The van der Waals surface area contributed by atoms with E-state index in [0.29, 0.717) is 36.3 Å². The first-order valence-corrected chi connectivity index (χ1v) is 9.95. The standard InChI is InChI=1S/C23H24F3N3O2/c1-3-5-20(17-6-4-7-18(14-17)23(24,25)26)28-22(30)16-8-10-19(11-9-16)31-15-21-27-12-13-29(21)2/h4,6-14,20H,3,5,15H2,1-2H3,(H,28,30). The smallest absolute Gasteiger partial charge is 0.416 e. The van der Waals surface area contributed by atoms with Crippen LogP contribution in [0.25, 0.3) is 0 Å². The van der Waals surface area contributed by atoms with Crippen molar-refractivity contribution in [1.29, 1.82) is 0 Å². The van der Waals surface area contributed by atoms with Crippen molar-refractivity contribution in [1.82, 2.24) is 14.9 Å². The molecule has 0 bridgehead atoms. The highest BCUT2D eigenvalue weighted by Crippen LogP contribution is 2.31. The summed E-state index contributed by atoms with van der Waals surface area (Å²) in [5.41, 5.74) is 0.104. The maximum absolute atomic E-state index is 13.1. The summed E-state index contributed by atoms with van der Waals surface area (Å²) < 4.78 is 46.7. The number of nitrogens with zero attached hydrogens (tertiary/aromatic N) is 2. The molecule has 1 N–H and O–H groups in total. The van der Waals surface area contributed by atoms with Gasteiger partial charge in [-0.1, -0.05) is 25.5 Å². The number of carbonyl (C=O) groups is 1. The molecule has 2 aromatic carbocycles. The van der Waals surface area contributed by atoms with Gasteiger partial charge in [0.1, 0.15) is 18.2 Å². The third kappa shape index (κ3) is 5.87. The number of benzene rings is 2. The molecule has 0 aliphatic carbocycles.